The van der Waals surface area contributed by atoms with E-state index in [2.05, 4.69) is 34.6 Å². The number of carbonyl (C=O) groups is 1. The molecular formula is C27H29FN8O. The van der Waals surface area contributed by atoms with Crippen molar-refractivity contribution in [3.8, 4) is 5.82 Å². The molecule has 0 aliphatic rings. The van der Waals surface area contributed by atoms with Crippen molar-refractivity contribution < 1.29 is 9.18 Å². The van der Waals surface area contributed by atoms with Crippen LogP contribution in [0.2, 0.25) is 0 Å². The van der Waals surface area contributed by atoms with Crippen LogP contribution in [0.1, 0.15) is 32.8 Å². The molecule has 0 atom stereocenters. The van der Waals surface area contributed by atoms with E-state index >= 15 is 0 Å². The van der Waals surface area contributed by atoms with Crippen molar-refractivity contribution in [2.75, 3.05) is 16.4 Å². The molecule has 6 N–H and O–H groups in total. The molecule has 0 fully saturated rings. The van der Waals surface area contributed by atoms with Gasteiger partial charge in [-0.15, -0.1) is 5.10 Å². The maximum atomic E-state index is 14.2. The topological polar surface area (TPSA) is 146 Å². The second-order valence-corrected chi connectivity index (χ2v) is 7.94. The Kier molecular flexibility index (Phi) is 8.82. The number of aromatic nitrogens is 3. The van der Waals surface area contributed by atoms with Crippen molar-refractivity contribution in [2.24, 2.45) is 0 Å². The van der Waals surface area contributed by atoms with E-state index in [1.165, 1.54) is 18.6 Å². The number of allylic oxidation sites excluding steroid dienone is 1. The van der Waals surface area contributed by atoms with E-state index in [0.717, 1.165) is 23.3 Å². The fraction of sp³-hybridized carbons (Fsp3) is 0.148. The van der Waals surface area contributed by atoms with Gasteiger partial charge in [-0.1, -0.05) is 44.5 Å². The molecule has 1 amide bonds. The predicted molar refractivity (Wildman–Crippen MR) is 148 cm³/mol. The minimum atomic E-state index is -0.636. The van der Waals surface area contributed by atoms with E-state index in [4.69, 9.17) is 16.6 Å². The number of nitrogens with one attached hydrogen (secondary N) is 4. The molecule has 0 radical (unpaired) electrons. The minimum absolute atomic E-state index is 0.0944. The van der Waals surface area contributed by atoms with Crippen LogP contribution >= 0.6 is 0 Å². The molecule has 0 saturated carbocycles. The van der Waals surface area contributed by atoms with Crippen molar-refractivity contribution in [2.45, 2.75) is 27.2 Å². The van der Waals surface area contributed by atoms with Crippen LogP contribution in [0, 0.1) is 16.6 Å². The summed E-state index contributed by atoms with van der Waals surface area (Å²) in [5.74, 6) is 0.119. The molecule has 4 rings (SSSR count). The van der Waals surface area contributed by atoms with Crippen LogP contribution in [0.5, 0.6) is 0 Å². The average molecular weight is 501 g/mol. The Morgan fingerprint density at radius 2 is 1.86 bits per heavy atom. The number of nitrogens with zero attached hydrogens (tertiary/aromatic N) is 3. The Balaban J connectivity index is 0.00000121. The Morgan fingerprint density at radius 1 is 1.14 bits per heavy atom. The largest absolute Gasteiger partial charge is 0.396 e. The van der Waals surface area contributed by atoms with Gasteiger partial charge in [-0.2, -0.15) is 0 Å². The number of hydrogen-bond acceptors (Lipinski definition) is 7. The molecule has 2 heterocycles. The lowest BCUT2D eigenvalue weighted by Gasteiger charge is -2.08. The molecule has 0 aliphatic heterocycles. The van der Waals surface area contributed by atoms with Gasteiger partial charge in [-0.3, -0.25) is 4.79 Å². The summed E-state index contributed by atoms with van der Waals surface area (Å²) in [6.45, 7) is 5.92. The van der Waals surface area contributed by atoms with Crippen LogP contribution in [0.3, 0.4) is 0 Å². The fourth-order valence-electron chi connectivity index (χ4n) is 3.38. The summed E-state index contributed by atoms with van der Waals surface area (Å²) in [7, 11) is 0. The van der Waals surface area contributed by atoms with Gasteiger partial charge in [0.05, 0.1) is 16.8 Å². The van der Waals surface area contributed by atoms with Crippen LogP contribution < -0.4 is 16.4 Å². The maximum Gasteiger partial charge on any atom is 0.258 e. The van der Waals surface area contributed by atoms with Crippen LogP contribution in [0.4, 0.5) is 27.4 Å². The first kappa shape index (κ1) is 26.7. The van der Waals surface area contributed by atoms with Gasteiger partial charge in [0.2, 0.25) is 0 Å². The average Bonchev–Trinajstić information content (AvgIpc) is 3.26. The number of fused-ring (bicyclic) bond motifs is 1. The lowest BCUT2D eigenvalue weighted by Crippen LogP contribution is -2.16. The third kappa shape index (κ3) is 6.04. The first-order valence-electron chi connectivity index (χ1n) is 11.7. The maximum absolute atomic E-state index is 14.2. The SMILES string of the molecule is C/C=C(\C=N)C(=O)Nc1cccc(-n2nc(Nc3cc(F)c(N)c(C=N)c3)c3ccccc32)n1.CCC. The fourth-order valence-corrected chi connectivity index (χ4v) is 3.38. The van der Waals surface area contributed by atoms with Gasteiger partial charge in [0.15, 0.2) is 11.6 Å². The standard InChI is InChI=1S/C24H21FN8O.C3H8/c1-2-14(12-26)24(34)31-20-8-5-9-21(30-20)33-19-7-4-3-6-17(19)23(32-33)29-16-10-15(13-27)22(28)18(25)11-16;1-3-2/h2-13,26-27H,28H2,1H3,(H,29,32)(H,30,31,34);3H2,1-2H3/b14-2+,26-12?,27-13?;. The number of nitrogen functional groups attached to an aromatic ring is 1. The summed E-state index contributed by atoms with van der Waals surface area (Å²) in [5.41, 5.74) is 7.17. The molecule has 4 aromatic rings. The Bertz CT molecular complexity index is 1470. The lowest BCUT2D eigenvalue weighted by molar-refractivity contribution is -0.112. The molecule has 2 aromatic heterocycles. The van der Waals surface area contributed by atoms with Gasteiger partial charge in [0.1, 0.15) is 11.6 Å². The Morgan fingerprint density at radius 3 is 2.54 bits per heavy atom. The van der Waals surface area contributed by atoms with E-state index in [-0.39, 0.29) is 16.8 Å². The number of halogens is 1. The molecule has 2 aromatic carbocycles. The van der Waals surface area contributed by atoms with Gasteiger partial charge >= 0.3 is 0 Å². The summed E-state index contributed by atoms with van der Waals surface area (Å²) < 4.78 is 15.8. The smallest absolute Gasteiger partial charge is 0.258 e. The summed E-state index contributed by atoms with van der Waals surface area (Å²) in [4.78, 5) is 16.8. The number of para-hydroxylation sites is 1. The van der Waals surface area contributed by atoms with Crippen LogP contribution in [0.25, 0.3) is 16.7 Å². The Labute approximate surface area is 214 Å². The molecule has 0 bridgehead atoms. The van der Waals surface area contributed by atoms with Crippen molar-refractivity contribution >= 4 is 52.2 Å². The number of nitrogens with two attached hydrogens (primary N) is 1. The highest BCUT2D eigenvalue weighted by Gasteiger charge is 2.15. The van der Waals surface area contributed by atoms with Crippen LogP contribution in [0.15, 0.2) is 66.2 Å². The van der Waals surface area contributed by atoms with E-state index in [1.807, 2.05) is 24.3 Å². The van der Waals surface area contributed by atoms with Crippen molar-refractivity contribution in [3.63, 3.8) is 0 Å². The van der Waals surface area contributed by atoms with E-state index < -0.39 is 11.7 Å². The molecule has 37 heavy (non-hydrogen) atoms. The number of rotatable bonds is 7. The van der Waals surface area contributed by atoms with E-state index in [1.54, 1.807) is 35.9 Å². The highest BCUT2D eigenvalue weighted by Crippen LogP contribution is 2.29. The zero-order valence-electron chi connectivity index (χ0n) is 20.8. The number of carbonyl (C=O) groups excluding carboxylic acids is 1. The second kappa shape index (κ2) is 12.2. The minimum Gasteiger partial charge on any atom is -0.396 e. The molecule has 9 nitrogen and oxygen atoms in total. The highest BCUT2D eigenvalue weighted by molar-refractivity contribution is 6.16. The van der Waals surface area contributed by atoms with Gasteiger partial charge in [0.25, 0.3) is 5.91 Å². The summed E-state index contributed by atoms with van der Waals surface area (Å²) in [6.07, 6.45) is 4.75. The van der Waals surface area contributed by atoms with Crippen LogP contribution in [-0.2, 0) is 4.79 Å². The molecule has 0 unspecified atom stereocenters. The van der Waals surface area contributed by atoms with E-state index in [0.29, 0.717) is 23.1 Å². The summed E-state index contributed by atoms with van der Waals surface area (Å²) in [5, 5.41) is 25.9. The number of pyridine rings is 1. The molecule has 0 saturated heterocycles. The third-order valence-electron chi connectivity index (χ3n) is 5.09. The van der Waals surface area contributed by atoms with Gasteiger partial charge in [0, 0.05) is 29.1 Å². The van der Waals surface area contributed by atoms with Crippen molar-refractivity contribution in [3.05, 3.63) is 77.6 Å². The number of hydrogen-bond donors (Lipinski definition) is 5. The number of benzene rings is 2. The predicted octanol–water partition coefficient (Wildman–Crippen LogP) is 5.83. The van der Waals surface area contributed by atoms with E-state index in [9.17, 15) is 9.18 Å². The molecule has 10 heteroatoms. The first-order chi connectivity index (χ1) is 17.9. The van der Waals surface area contributed by atoms with Crippen molar-refractivity contribution in [1.82, 2.24) is 14.8 Å². The molecule has 0 spiro atoms. The summed E-state index contributed by atoms with van der Waals surface area (Å²) >= 11 is 0. The Hall–Kier alpha value is -4.86. The van der Waals surface area contributed by atoms with Crippen LogP contribution in [-0.4, -0.2) is 33.1 Å². The summed E-state index contributed by atoms with van der Waals surface area (Å²) in [6, 6.07) is 15.3. The zero-order valence-corrected chi connectivity index (χ0v) is 20.8. The first-order valence-corrected chi connectivity index (χ1v) is 11.7. The number of amides is 1. The lowest BCUT2D eigenvalue weighted by atomic mass is 10.1. The van der Waals surface area contributed by atoms with Gasteiger partial charge in [-0.25, -0.2) is 14.1 Å². The second-order valence-electron chi connectivity index (χ2n) is 7.94. The van der Waals surface area contributed by atoms with Crippen molar-refractivity contribution in [1.29, 1.82) is 10.8 Å². The quantitative estimate of drug-likeness (QED) is 0.123. The molecular weight excluding hydrogens is 471 g/mol. The zero-order chi connectivity index (χ0) is 26.9. The normalized spacial score (nSPS) is 10.9. The number of anilines is 4. The third-order valence-corrected chi connectivity index (χ3v) is 5.09. The highest BCUT2D eigenvalue weighted by atomic mass is 19.1. The van der Waals surface area contributed by atoms with Gasteiger partial charge < -0.3 is 27.2 Å². The monoisotopic (exact) mass is 500 g/mol. The van der Waals surface area contributed by atoms with Gasteiger partial charge in [-0.05, 0) is 43.3 Å². The molecule has 0 aliphatic carbocycles. The molecule has 190 valence electrons.